The minimum atomic E-state index is -1.32. The van der Waals surface area contributed by atoms with E-state index < -0.39 is 10.8 Å². The molecule has 5 heteroatoms. The molecule has 90 valence electrons. The normalized spacial score (nSPS) is 17.6. The van der Waals surface area contributed by atoms with Gasteiger partial charge in [-0.1, -0.05) is 29.8 Å². The molecular formula is C12H13NO3S. The Morgan fingerprint density at radius 3 is 2.18 bits per heavy atom. The van der Waals surface area contributed by atoms with Crippen molar-refractivity contribution in [2.24, 2.45) is 0 Å². The van der Waals surface area contributed by atoms with E-state index in [1.54, 1.807) is 0 Å². The van der Waals surface area contributed by atoms with E-state index in [0.29, 0.717) is 0 Å². The summed E-state index contributed by atoms with van der Waals surface area (Å²) in [6, 6.07) is 7.65. The van der Waals surface area contributed by atoms with Crippen LogP contribution in [0.25, 0.3) is 0 Å². The Morgan fingerprint density at radius 1 is 1.12 bits per heavy atom. The average molecular weight is 251 g/mol. The van der Waals surface area contributed by atoms with Crippen LogP contribution in [0.2, 0.25) is 0 Å². The number of hydrogen-bond acceptors (Lipinski definition) is 3. The number of nitrogens with zero attached hydrogens (tertiary/aromatic N) is 1. The van der Waals surface area contributed by atoms with Crippen LogP contribution in [-0.2, 0) is 26.9 Å². The van der Waals surface area contributed by atoms with Gasteiger partial charge in [-0.3, -0.25) is 18.7 Å². The topological polar surface area (TPSA) is 54.5 Å². The molecule has 0 saturated carbocycles. The molecule has 1 aromatic rings. The minimum Gasteiger partial charge on any atom is -0.277 e. The molecule has 0 spiro atoms. The van der Waals surface area contributed by atoms with Crippen LogP contribution in [0.5, 0.6) is 0 Å². The Hall–Kier alpha value is -1.49. The van der Waals surface area contributed by atoms with Gasteiger partial charge in [0, 0.05) is 10.8 Å². The highest BCUT2D eigenvalue weighted by molar-refractivity contribution is 7.86. The predicted octanol–water partition coefficient (Wildman–Crippen LogP) is 0.613. The molecule has 2 rings (SSSR count). The van der Waals surface area contributed by atoms with Crippen molar-refractivity contribution in [2.75, 3.05) is 11.5 Å². The van der Waals surface area contributed by atoms with Gasteiger partial charge in [-0.25, -0.2) is 0 Å². The third kappa shape index (κ3) is 2.79. The smallest absolute Gasteiger partial charge is 0.242 e. The van der Waals surface area contributed by atoms with Gasteiger partial charge in [0.1, 0.15) is 11.5 Å². The Balaban J connectivity index is 2.12. The zero-order chi connectivity index (χ0) is 12.4. The molecule has 1 aliphatic rings. The number of benzene rings is 1. The first-order valence-corrected chi connectivity index (χ1v) is 6.79. The molecule has 0 atom stereocenters. The summed E-state index contributed by atoms with van der Waals surface area (Å²) in [6.07, 6.45) is 0. The van der Waals surface area contributed by atoms with Gasteiger partial charge < -0.3 is 0 Å². The van der Waals surface area contributed by atoms with E-state index in [1.807, 2.05) is 31.2 Å². The average Bonchev–Trinajstić information content (AvgIpc) is 2.26. The monoisotopic (exact) mass is 251 g/mol. The molecule has 17 heavy (non-hydrogen) atoms. The lowest BCUT2D eigenvalue weighted by Crippen LogP contribution is -2.46. The second kappa shape index (κ2) is 4.79. The van der Waals surface area contributed by atoms with Gasteiger partial charge in [-0.2, -0.15) is 0 Å². The van der Waals surface area contributed by atoms with Crippen molar-refractivity contribution in [3.8, 4) is 0 Å². The van der Waals surface area contributed by atoms with Crippen LogP contribution in [-0.4, -0.2) is 32.4 Å². The second-order valence-corrected chi connectivity index (χ2v) is 5.54. The molecule has 1 aliphatic heterocycles. The highest BCUT2D eigenvalue weighted by Crippen LogP contribution is 2.11. The van der Waals surface area contributed by atoms with Crippen LogP contribution in [0, 0.1) is 6.92 Å². The maximum Gasteiger partial charge on any atom is 0.242 e. The van der Waals surface area contributed by atoms with Gasteiger partial charge in [0.25, 0.3) is 0 Å². The van der Waals surface area contributed by atoms with Crippen molar-refractivity contribution in [2.45, 2.75) is 13.5 Å². The first-order chi connectivity index (χ1) is 8.06. The lowest BCUT2D eigenvalue weighted by molar-refractivity contribution is -0.143. The van der Waals surface area contributed by atoms with Crippen LogP contribution in [0.15, 0.2) is 24.3 Å². The molecule has 0 aromatic heterocycles. The Labute approximate surface area is 102 Å². The van der Waals surface area contributed by atoms with Gasteiger partial charge >= 0.3 is 0 Å². The minimum absolute atomic E-state index is 0.0440. The fraction of sp³-hybridized carbons (Fsp3) is 0.333. The van der Waals surface area contributed by atoms with Crippen LogP contribution >= 0.6 is 0 Å². The van der Waals surface area contributed by atoms with Crippen LogP contribution in [0.3, 0.4) is 0 Å². The van der Waals surface area contributed by atoms with Gasteiger partial charge in [0.15, 0.2) is 0 Å². The number of amides is 2. The molecule has 1 fully saturated rings. The first kappa shape index (κ1) is 12.0. The van der Waals surface area contributed by atoms with Crippen LogP contribution in [0.1, 0.15) is 11.1 Å². The molecule has 0 radical (unpaired) electrons. The number of hydrogen-bond donors (Lipinski definition) is 0. The molecule has 4 nitrogen and oxygen atoms in total. The van der Waals surface area contributed by atoms with E-state index in [-0.39, 0.29) is 29.9 Å². The summed E-state index contributed by atoms with van der Waals surface area (Å²) in [5, 5.41) is 0. The fourth-order valence-corrected chi connectivity index (χ4v) is 2.64. The SMILES string of the molecule is Cc1ccc(CN2C(=O)CS(=O)CC2=O)cc1. The first-order valence-electron chi connectivity index (χ1n) is 5.30. The fourth-order valence-electron chi connectivity index (χ4n) is 1.67. The van der Waals surface area contributed by atoms with E-state index >= 15 is 0 Å². The Morgan fingerprint density at radius 2 is 1.65 bits per heavy atom. The van der Waals surface area contributed by atoms with Crippen LogP contribution < -0.4 is 0 Å². The summed E-state index contributed by atoms with van der Waals surface area (Å²) in [4.78, 5) is 24.4. The number of aryl methyl sites for hydroxylation is 1. The molecule has 0 unspecified atom stereocenters. The Kier molecular flexibility index (Phi) is 3.38. The summed E-state index contributed by atoms with van der Waals surface area (Å²) in [5.41, 5.74) is 2.04. The lowest BCUT2D eigenvalue weighted by atomic mass is 10.1. The largest absolute Gasteiger partial charge is 0.277 e. The van der Waals surface area contributed by atoms with Crippen molar-refractivity contribution < 1.29 is 13.8 Å². The highest BCUT2D eigenvalue weighted by Gasteiger charge is 2.30. The number of rotatable bonds is 2. The quantitative estimate of drug-likeness (QED) is 0.724. The van der Waals surface area contributed by atoms with Gasteiger partial charge in [-0.15, -0.1) is 0 Å². The summed E-state index contributed by atoms with van der Waals surface area (Å²) in [6.45, 7) is 2.25. The maximum absolute atomic E-state index is 11.6. The van der Waals surface area contributed by atoms with Gasteiger partial charge in [-0.05, 0) is 12.5 Å². The molecular weight excluding hydrogens is 238 g/mol. The van der Waals surface area contributed by atoms with Gasteiger partial charge in [0.05, 0.1) is 6.54 Å². The van der Waals surface area contributed by atoms with Crippen LogP contribution in [0.4, 0.5) is 0 Å². The lowest BCUT2D eigenvalue weighted by Gasteiger charge is -2.24. The van der Waals surface area contributed by atoms with Crippen molar-refractivity contribution >= 4 is 22.6 Å². The second-order valence-electron chi connectivity index (χ2n) is 4.09. The number of carbonyl (C=O) groups is 2. The van der Waals surface area contributed by atoms with E-state index in [4.69, 9.17) is 0 Å². The molecule has 0 N–H and O–H groups in total. The molecule has 0 bridgehead atoms. The molecule has 0 aliphatic carbocycles. The number of imide groups is 1. The molecule has 2 amide bonds. The Bertz CT molecular complexity index is 461. The summed E-state index contributed by atoms with van der Waals surface area (Å²) in [7, 11) is -1.32. The van der Waals surface area contributed by atoms with Crippen molar-refractivity contribution in [3.05, 3.63) is 35.4 Å². The zero-order valence-electron chi connectivity index (χ0n) is 9.51. The van der Waals surface area contributed by atoms with E-state index in [2.05, 4.69) is 0 Å². The highest BCUT2D eigenvalue weighted by atomic mass is 32.2. The van der Waals surface area contributed by atoms with Crippen molar-refractivity contribution in [1.29, 1.82) is 0 Å². The third-order valence-electron chi connectivity index (χ3n) is 2.63. The summed E-state index contributed by atoms with van der Waals surface area (Å²) in [5.74, 6) is -0.782. The van der Waals surface area contributed by atoms with E-state index in [1.165, 1.54) is 4.90 Å². The van der Waals surface area contributed by atoms with Crippen molar-refractivity contribution in [1.82, 2.24) is 4.90 Å². The molecule has 1 saturated heterocycles. The van der Waals surface area contributed by atoms with E-state index in [0.717, 1.165) is 11.1 Å². The summed E-state index contributed by atoms with van der Waals surface area (Å²) >= 11 is 0. The maximum atomic E-state index is 11.6. The predicted molar refractivity (Wildman–Crippen MR) is 64.6 cm³/mol. The summed E-state index contributed by atoms with van der Waals surface area (Å²) < 4.78 is 11.2. The van der Waals surface area contributed by atoms with Crippen molar-refractivity contribution in [3.63, 3.8) is 0 Å². The zero-order valence-corrected chi connectivity index (χ0v) is 10.3. The number of carbonyl (C=O) groups excluding carboxylic acids is 2. The van der Waals surface area contributed by atoms with Gasteiger partial charge in [0.2, 0.25) is 11.8 Å². The molecule has 1 heterocycles. The third-order valence-corrected chi connectivity index (χ3v) is 3.77. The standard InChI is InChI=1S/C12H13NO3S/c1-9-2-4-10(5-3-9)6-13-11(14)7-17(16)8-12(13)15/h2-5H,6-8H2,1H3. The molecule has 1 aromatic carbocycles. The van der Waals surface area contributed by atoms with E-state index in [9.17, 15) is 13.8 Å².